The monoisotopic (exact) mass is 603 g/mol. The summed E-state index contributed by atoms with van der Waals surface area (Å²) in [5.41, 5.74) is -0.103. The first-order valence-electron chi connectivity index (χ1n) is 12.5. The molecule has 0 N–H and O–H groups in total. The van der Waals surface area contributed by atoms with Crippen LogP contribution in [0, 0.1) is 5.92 Å². The Morgan fingerprint density at radius 1 is 1.24 bits per heavy atom. The minimum absolute atomic E-state index is 0.0540. The van der Waals surface area contributed by atoms with Crippen molar-refractivity contribution < 1.29 is 18.7 Å². The standard InChI is InChI=1S/C27H28BrClFN5O3/c1-3-4-11-34-24(36)13-20(25(34)17-5-8-19(38-2)9-6-17)26(37)33-15-27(30,16-33)23-14-35(32-31-23)18-7-10-22(29)21(28)12-18/h5-10,12,14,20,25H,3-4,11,13,15-16H2,1-2H3. The molecule has 0 radical (unpaired) electrons. The molecular formula is C27H28BrClFN5O3. The van der Waals surface area contributed by atoms with Crippen LogP contribution >= 0.6 is 27.5 Å². The maximum Gasteiger partial charge on any atom is 0.228 e. The average molecular weight is 605 g/mol. The number of aromatic nitrogens is 3. The zero-order chi connectivity index (χ0) is 27.0. The SMILES string of the molecule is CCCCN1C(=O)CC(C(=O)N2CC(F)(c3cn(-c4ccc(Cl)c(Br)c4)nn3)C2)C1c1ccc(OC)cc1. The Hall–Kier alpha value is -2.98. The first-order chi connectivity index (χ1) is 18.2. The van der Waals surface area contributed by atoms with Crippen LogP contribution in [0.3, 0.4) is 0 Å². The van der Waals surface area contributed by atoms with Crippen LogP contribution in [0.15, 0.2) is 53.1 Å². The van der Waals surface area contributed by atoms with Gasteiger partial charge in [-0.3, -0.25) is 9.59 Å². The second kappa shape index (κ2) is 10.6. The Bertz CT molecular complexity index is 1340. The highest BCUT2D eigenvalue weighted by Crippen LogP contribution is 2.43. The van der Waals surface area contributed by atoms with Gasteiger partial charge in [-0.25, -0.2) is 9.07 Å². The number of alkyl halides is 1. The van der Waals surface area contributed by atoms with Gasteiger partial charge >= 0.3 is 0 Å². The van der Waals surface area contributed by atoms with E-state index in [1.54, 1.807) is 30.2 Å². The van der Waals surface area contributed by atoms with Gasteiger partial charge in [0.1, 0.15) is 11.4 Å². The van der Waals surface area contributed by atoms with Gasteiger partial charge in [0.15, 0.2) is 5.67 Å². The molecule has 2 amide bonds. The lowest BCUT2D eigenvalue weighted by atomic mass is 9.87. The Morgan fingerprint density at radius 2 is 1.97 bits per heavy atom. The zero-order valence-electron chi connectivity index (χ0n) is 21.1. The van der Waals surface area contributed by atoms with Crippen LogP contribution in [0.5, 0.6) is 5.75 Å². The number of rotatable bonds is 8. The number of carbonyl (C=O) groups is 2. The van der Waals surface area contributed by atoms with Crippen LogP contribution in [0.4, 0.5) is 4.39 Å². The predicted octanol–water partition coefficient (Wildman–Crippen LogP) is 5.09. The summed E-state index contributed by atoms with van der Waals surface area (Å²) in [4.78, 5) is 29.9. The largest absolute Gasteiger partial charge is 0.497 e. The minimum Gasteiger partial charge on any atom is -0.497 e. The van der Waals surface area contributed by atoms with Crippen LogP contribution in [-0.2, 0) is 15.3 Å². The van der Waals surface area contributed by atoms with Gasteiger partial charge in [0, 0.05) is 17.4 Å². The van der Waals surface area contributed by atoms with Gasteiger partial charge in [-0.1, -0.05) is 42.3 Å². The summed E-state index contributed by atoms with van der Waals surface area (Å²) >= 11 is 9.44. The van der Waals surface area contributed by atoms with Crippen LogP contribution in [0.2, 0.25) is 5.02 Å². The molecule has 11 heteroatoms. The molecule has 2 aromatic carbocycles. The molecule has 0 spiro atoms. The Balaban J connectivity index is 1.33. The number of ether oxygens (including phenoxy) is 1. The van der Waals surface area contributed by atoms with Gasteiger partial charge in [-0.2, -0.15) is 0 Å². The van der Waals surface area contributed by atoms with Gasteiger partial charge in [0.05, 0.1) is 49.1 Å². The number of amides is 2. The normalized spacial score (nSPS) is 20.5. The molecule has 1 aromatic heterocycles. The van der Waals surface area contributed by atoms with Crippen molar-refractivity contribution in [3.05, 3.63) is 69.4 Å². The quantitative estimate of drug-likeness (QED) is 0.358. The molecule has 2 aliphatic rings. The molecule has 2 atom stereocenters. The van der Waals surface area contributed by atoms with Gasteiger partial charge in [0.25, 0.3) is 0 Å². The third-order valence-electron chi connectivity index (χ3n) is 7.27. The van der Waals surface area contributed by atoms with E-state index in [0.29, 0.717) is 27.5 Å². The van der Waals surface area contributed by atoms with E-state index in [-0.39, 0.29) is 37.0 Å². The summed E-state index contributed by atoms with van der Waals surface area (Å²) in [5, 5.41) is 8.66. The lowest BCUT2D eigenvalue weighted by molar-refractivity contribution is -0.152. The molecule has 2 aliphatic heterocycles. The summed E-state index contributed by atoms with van der Waals surface area (Å²) < 4.78 is 23.2. The van der Waals surface area contributed by atoms with E-state index in [1.165, 1.54) is 15.8 Å². The van der Waals surface area contributed by atoms with Gasteiger partial charge in [-0.15, -0.1) is 5.10 Å². The fourth-order valence-corrected chi connectivity index (χ4v) is 5.64. The van der Waals surface area contributed by atoms with E-state index in [2.05, 4.69) is 33.2 Å². The van der Waals surface area contributed by atoms with E-state index in [1.807, 2.05) is 24.3 Å². The number of hydrogen-bond acceptors (Lipinski definition) is 5. The predicted molar refractivity (Wildman–Crippen MR) is 144 cm³/mol. The molecule has 3 aromatic rings. The topological polar surface area (TPSA) is 80.6 Å². The second-order valence-electron chi connectivity index (χ2n) is 9.78. The molecule has 2 fully saturated rings. The van der Waals surface area contributed by atoms with Crippen molar-refractivity contribution in [2.45, 2.75) is 37.9 Å². The van der Waals surface area contributed by atoms with Gasteiger partial charge < -0.3 is 14.5 Å². The first-order valence-corrected chi connectivity index (χ1v) is 13.7. The molecule has 0 saturated carbocycles. The number of unbranched alkanes of at least 4 members (excludes halogenated alkanes) is 1. The highest BCUT2D eigenvalue weighted by atomic mass is 79.9. The number of benzene rings is 2. The summed E-state index contributed by atoms with van der Waals surface area (Å²) in [5.74, 6) is -0.161. The Kier molecular flexibility index (Phi) is 7.46. The van der Waals surface area contributed by atoms with Crippen molar-refractivity contribution in [2.75, 3.05) is 26.7 Å². The summed E-state index contributed by atoms with van der Waals surface area (Å²) in [6.45, 7) is 2.37. The van der Waals surface area contributed by atoms with E-state index < -0.39 is 17.6 Å². The summed E-state index contributed by atoms with van der Waals surface area (Å²) in [7, 11) is 1.59. The van der Waals surface area contributed by atoms with Crippen molar-refractivity contribution in [2.24, 2.45) is 5.92 Å². The second-order valence-corrected chi connectivity index (χ2v) is 11.0. The lowest BCUT2D eigenvalue weighted by Gasteiger charge is -2.44. The van der Waals surface area contributed by atoms with E-state index in [9.17, 15) is 9.59 Å². The van der Waals surface area contributed by atoms with E-state index >= 15 is 4.39 Å². The molecule has 2 saturated heterocycles. The molecule has 200 valence electrons. The number of methoxy groups -OCH3 is 1. The van der Waals surface area contributed by atoms with Gasteiger partial charge in [0.2, 0.25) is 11.8 Å². The fraction of sp³-hybridized carbons (Fsp3) is 0.407. The summed E-state index contributed by atoms with van der Waals surface area (Å²) in [6, 6.07) is 12.3. The lowest BCUT2D eigenvalue weighted by Crippen LogP contribution is -2.60. The van der Waals surface area contributed by atoms with Crippen molar-refractivity contribution >= 4 is 39.3 Å². The Morgan fingerprint density at radius 3 is 2.63 bits per heavy atom. The number of hydrogen-bond donors (Lipinski definition) is 0. The molecule has 3 heterocycles. The summed E-state index contributed by atoms with van der Waals surface area (Å²) in [6.07, 6.45) is 3.41. The van der Waals surface area contributed by atoms with E-state index in [4.69, 9.17) is 16.3 Å². The highest BCUT2D eigenvalue weighted by Gasteiger charge is 2.53. The molecule has 2 unspecified atom stereocenters. The molecule has 0 bridgehead atoms. The first kappa shape index (κ1) is 26.6. The number of nitrogens with zero attached hydrogens (tertiary/aromatic N) is 5. The van der Waals surface area contributed by atoms with Crippen LogP contribution in [-0.4, -0.2) is 63.4 Å². The van der Waals surface area contributed by atoms with Crippen molar-refractivity contribution in [3.8, 4) is 11.4 Å². The van der Waals surface area contributed by atoms with Crippen molar-refractivity contribution in [1.82, 2.24) is 24.8 Å². The van der Waals surface area contributed by atoms with Crippen LogP contribution < -0.4 is 4.74 Å². The average Bonchev–Trinajstić information content (AvgIpc) is 3.52. The molecule has 38 heavy (non-hydrogen) atoms. The van der Waals surface area contributed by atoms with Crippen LogP contribution in [0.25, 0.3) is 5.69 Å². The number of halogens is 3. The maximum absolute atomic E-state index is 15.8. The van der Waals surface area contributed by atoms with E-state index in [0.717, 1.165) is 18.4 Å². The maximum atomic E-state index is 15.8. The van der Waals surface area contributed by atoms with Gasteiger partial charge in [-0.05, 0) is 58.2 Å². The Labute approximate surface area is 233 Å². The van der Waals surface area contributed by atoms with Crippen LogP contribution in [0.1, 0.15) is 43.5 Å². The highest BCUT2D eigenvalue weighted by molar-refractivity contribution is 9.10. The molecular weight excluding hydrogens is 577 g/mol. The van der Waals surface area contributed by atoms with Crippen molar-refractivity contribution in [1.29, 1.82) is 0 Å². The third kappa shape index (κ3) is 4.91. The number of likely N-dealkylation sites (tertiary alicyclic amines) is 2. The third-order valence-corrected chi connectivity index (χ3v) is 8.49. The minimum atomic E-state index is -1.81. The molecule has 0 aliphatic carbocycles. The fourth-order valence-electron chi connectivity index (χ4n) is 5.15. The smallest absolute Gasteiger partial charge is 0.228 e. The molecule has 8 nitrogen and oxygen atoms in total. The van der Waals surface area contributed by atoms with Crippen molar-refractivity contribution in [3.63, 3.8) is 0 Å². The number of carbonyl (C=O) groups excluding carboxylic acids is 2. The zero-order valence-corrected chi connectivity index (χ0v) is 23.5. The molecule has 5 rings (SSSR count).